The summed E-state index contributed by atoms with van der Waals surface area (Å²) in [6.07, 6.45) is -5.57. The Hall–Kier alpha value is -2.19. The van der Waals surface area contributed by atoms with E-state index in [1.165, 1.54) is 0 Å². The van der Waals surface area contributed by atoms with Gasteiger partial charge in [0, 0.05) is 0 Å². The molecule has 0 aromatic carbocycles. The summed E-state index contributed by atoms with van der Waals surface area (Å²) in [5.74, 6) is 0. The monoisotopic (exact) mass is 182 g/mol. The van der Waals surface area contributed by atoms with Crippen molar-refractivity contribution in [2.24, 2.45) is 0 Å². The Bertz CT molecular complexity index is 174. The van der Waals surface area contributed by atoms with E-state index in [-0.39, 0.29) is 0 Å². The molecule has 0 bridgehead atoms. The molecule has 0 aromatic heterocycles. The Kier molecular flexibility index (Phi) is 3.76. The summed E-state index contributed by atoms with van der Waals surface area (Å²) in [6, 6.07) is 0. The maximum absolute atomic E-state index is 10.0. The number of carbonyl (C=O) groups is 3. The van der Waals surface area contributed by atoms with Crippen molar-refractivity contribution in [1.29, 1.82) is 0 Å². The summed E-state index contributed by atoms with van der Waals surface area (Å²) in [5.41, 5.74) is 0. The Morgan fingerprint density at radius 1 is 0.750 bits per heavy atom. The first-order chi connectivity index (χ1) is 5.52. The summed E-state index contributed by atoms with van der Waals surface area (Å²) < 4.78 is 0. The van der Waals surface area contributed by atoms with Crippen LogP contribution in [0.1, 0.15) is 0 Å². The lowest BCUT2D eigenvalue weighted by Gasteiger charge is -1.96. The fourth-order valence-electron chi connectivity index (χ4n) is 0.153. The molecular weight excluding hydrogens is 180 g/mol. The quantitative estimate of drug-likeness (QED) is 0.402. The average Bonchev–Trinajstić information content (AvgIpc) is 1.96. The average molecular weight is 182 g/mol. The number of hydrogen-bond acceptors (Lipinski definition) is 7. The van der Waals surface area contributed by atoms with E-state index in [4.69, 9.17) is 10.2 Å². The van der Waals surface area contributed by atoms with E-state index in [9.17, 15) is 14.4 Å². The summed E-state index contributed by atoms with van der Waals surface area (Å²) >= 11 is 0. The molecule has 0 radical (unpaired) electrons. The van der Waals surface area contributed by atoms with Gasteiger partial charge in [0.05, 0.1) is 0 Å². The molecule has 9 heteroatoms. The third-order valence-electron chi connectivity index (χ3n) is 0.362. The van der Waals surface area contributed by atoms with E-state index in [1.54, 1.807) is 0 Å². The molecule has 0 spiro atoms. The molecule has 0 amide bonds. The maximum atomic E-state index is 10.0. The van der Waals surface area contributed by atoms with Gasteiger partial charge >= 0.3 is 18.5 Å². The van der Waals surface area contributed by atoms with Gasteiger partial charge in [0.25, 0.3) is 0 Å². The fraction of sp³-hybridized carbons (Fsp3) is 0. The van der Waals surface area contributed by atoms with Crippen LogP contribution in [0.5, 0.6) is 0 Å². The second-order valence-electron chi connectivity index (χ2n) is 1.12. The van der Waals surface area contributed by atoms with Crippen molar-refractivity contribution in [3.05, 3.63) is 0 Å². The topological polar surface area (TPSA) is 129 Å². The minimum atomic E-state index is -1.90. The van der Waals surface area contributed by atoms with Gasteiger partial charge in [-0.1, -0.05) is 0 Å². The van der Waals surface area contributed by atoms with Gasteiger partial charge in [-0.05, 0) is 0 Å². The van der Waals surface area contributed by atoms with Crippen LogP contribution in [0.25, 0.3) is 0 Å². The highest BCUT2D eigenvalue weighted by atomic mass is 17.3. The van der Waals surface area contributed by atoms with Crippen LogP contribution < -0.4 is 0 Å². The zero-order chi connectivity index (χ0) is 9.56. The van der Waals surface area contributed by atoms with Gasteiger partial charge < -0.3 is 10.2 Å². The van der Waals surface area contributed by atoms with Crippen molar-refractivity contribution in [2.75, 3.05) is 0 Å². The molecule has 0 aromatic rings. The molecular formula is C3H2O9. The lowest BCUT2D eigenvalue weighted by molar-refractivity contribution is -0.276. The Morgan fingerprint density at radius 3 is 1.33 bits per heavy atom. The highest BCUT2D eigenvalue weighted by Gasteiger charge is 2.12. The van der Waals surface area contributed by atoms with Crippen molar-refractivity contribution >= 4 is 18.5 Å². The van der Waals surface area contributed by atoms with Gasteiger partial charge in [-0.2, -0.15) is 24.3 Å². The minimum absolute atomic E-state index is 1.76. The molecule has 9 nitrogen and oxygen atoms in total. The van der Waals surface area contributed by atoms with Gasteiger partial charge in [0.15, 0.2) is 0 Å². The molecule has 0 saturated heterocycles. The van der Waals surface area contributed by atoms with Crippen molar-refractivity contribution in [2.45, 2.75) is 0 Å². The lowest BCUT2D eigenvalue weighted by Crippen LogP contribution is -2.13. The third-order valence-corrected chi connectivity index (χ3v) is 0.362. The van der Waals surface area contributed by atoms with Gasteiger partial charge in [-0.15, -0.1) is 0 Å². The predicted molar refractivity (Wildman–Crippen MR) is 25.8 cm³/mol. The summed E-state index contributed by atoms with van der Waals surface area (Å²) in [4.78, 5) is 42.1. The Balaban J connectivity index is 3.47. The largest absolute Gasteiger partial charge is 0.592 e. The molecule has 12 heavy (non-hydrogen) atoms. The van der Waals surface area contributed by atoms with Crippen LogP contribution in [0.4, 0.5) is 14.4 Å². The van der Waals surface area contributed by atoms with Crippen LogP contribution in [0, 0.1) is 0 Å². The van der Waals surface area contributed by atoms with Crippen LogP contribution in [0.3, 0.4) is 0 Å². The molecule has 0 fully saturated rings. The van der Waals surface area contributed by atoms with Crippen molar-refractivity contribution in [3.8, 4) is 0 Å². The zero-order valence-electron chi connectivity index (χ0n) is 5.25. The molecule has 0 atom stereocenters. The van der Waals surface area contributed by atoms with Gasteiger partial charge in [-0.25, -0.2) is 9.59 Å². The van der Waals surface area contributed by atoms with E-state index in [1.807, 2.05) is 0 Å². The van der Waals surface area contributed by atoms with E-state index >= 15 is 0 Å². The Labute approximate surface area is 63.9 Å². The highest BCUT2D eigenvalue weighted by molar-refractivity contribution is 5.63. The maximum Gasteiger partial charge on any atom is 0.592 e. The normalized spacial score (nSPS) is 8.00. The van der Waals surface area contributed by atoms with Crippen molar-refractivity contribution < 1.29 is 44.1 Å². The predicted octanol–water partition coefficient (Wildman–Crippen LogP) is 0.359. The van der Waals surface area contributed by atoms with E-state index in [0.29, 0.717) is 0 Å². The molecule has 0 rings (SSSR count). The number of rotatable bonds is 0. The summed E-state index contributed by atoms with van der Waals surface area (Å²) in [5, 5.41) is 15.5. The lowest BCUT2D eigenvalue weighted by atomic mass is 11.4. The first-order valence-corrected chi connectivity index (χ1v) is 2.21. The molecule has 0 aliphatic carbocycles. The highest BCUT2D eigenvalue weighted by Crippen LogP contribution is 1.89. The first-order valence-electron chi connectivity index (χ1n) is 2.21. The van der Waals surface area contributed by atoms with Crippen molar-refractivity contribution in [1.82, 2.24) is 0 Å². The Morgan fingerprint density at radius 2 is 1.08 bits per heavy atom. The number of carboxylic acid groups (broad SMARTS) is 2. The second-order valence-corrected chi connectivity index (χ2v) is 1.12. The van der Waals surface area contributed by atoms with Crippen molar-refractivity contribution in [3.63, 3.8) is 0 Å². The SMILES string of the molecule is O=C(O)OOC(=O)OOC(=O)O. The number of carbonyl (C=O) groups excluding carboxylic acids is 1. The van der Waals surface area contributed by atoms with E-state index in [2.05, 4.69) is 19.6 Å². The van der Waals surface area contributed by atoms with Crippen LogP contribution in [0.2, 0.25) is 0 Å². The standard InChI is InChI=1S/C3H2O9/c4-1(5)9-11-3(8)12-10-2(6)7/h(H,4,5)(H,6,7). The first kappa shape index (κ1) is 9.81. The molecule has 0 saturated carbocycles. The minimum Gasteiger partial charge on any atom is -0.447 e. The zero-order valence-corrected chi connectivity index (χ0v) is 5.25. The van der Waals surface area contributed by atoms with E-state index in [0.717, 1.165) is 0 Å². The fourth-order valence-corrected chi connectivity index (χ4v) is 0.153. The van der Waals surface area contributed by atoms with Crippen LogP contribution in [-0.4, -0.2) is 28.7 Å². The molecule has 0 heterocycles. The summed E-state index contributed by atoms with van der Waals surface area (Å²) in [7, 11) is 0. The van der Waals surface area contributed by atoms with Gasteiger partial charge in [-0.3, -0.25) is 0 Å². The third kappa shape index (κ3) is 5.94. The van der Waals surface area contributed by atoms with Crippen LogP contribution >= 0.6 is 0 Å². The van der Waals surface area contributed by atoms with E-state index < -0.39 is 18.5 Å². The van der Waals surface area contributed by atoms with Gasteiger partial charge in [0.2, 0.25) is 0 Å². The smallest absolute Gasteiger partial charge is 0.447 e. The molecule has 0 aliphatic rings. The van der Waals surface area contributed by atoms with Gasteiger partial charge in [0.1, 0.15) is 0 Å². The van der Waals surface area contributed by atoms with Crippen LogP contribution in [0.15, 0.2) is 0 Å². The molecule has 0 unspecified atom stereocenters. The second kappa shape index (κ2) is 4.60. The molecule has 2 N–H and O–H groups in total. The van der Waals surface area contributed by atoms with Crippen LogP contribution in [-0.2, 0) is 19.6 Å². The summed E-state index contributed by atoms with van der Waals surface area (Å²) in [6.45, 7) is 0. The molecule has 0 aliphatic heterocycles. The number of hydrogen-bond donors (Lipinski definition) is 2. The molecule has 68 valence electrons.